The smallest absolute Gasteiger partial charge is 0.407 e. The number of nitrogens with zero attached hydrogens (tertiary/aromatic N) is 2. The number of ether oxygens (including phenoxy) is 3. The average Bonchev–Trinajstić information content (AvgIpc) is 2.91. The Labute approximate surface area is 225 Å². The zero-order valence-electron chi connectivity index (χ0n) is 22.4. The van der Waals surface area contributed by atoms with E-state index < -0.39 is 14.2 Å². The van der Waals surface area contributed by atoms with Crippen molar-refractivity contribution >= 4 is 24.9 Å². The number of likely N-dealkylation sites (tertiary alicyclic amines) is 1. The first-order chi connectivity index (χ1) is 18.2. The number of amides is 1. The van der Waals surface area contributed by atoms with Crippen molar-refractivity contribution in [1.82, 2.24) is 4.90 Å². The van der Waals surface area contributed by atoms with E-state index in [1.165, 1.54) is 4.90 Å². The molecule has 8 heteroatoms. The second-order valence-corrected chi connectivity index (χ2v) is 16.6. The van der Waals surface area contributed by atoms with Crippen LogP contribution in [0.5, 0.6) is 5.75 Å². The van der Waals surface area contributed by atoms with Gasteiger partial charge in [0.2, 0.25) is 0 Å². The highest BCUT2D eigenvalue weighted by Crippen LogP contribution is 2.33. The van der Waals surface area contributed by atoms with Gasteiger partial charge < -0.3 is 24.2 Å². The molecule has 1 heterocycles. The van der Waals surface area contributed by atoms with Gasteiger partial charge in [-0.1, -0.05) is 56.0 Å². The van der Waals surface area contributed by atoms with E-state index in [4.69, 9.17) is 19.5 Å². The van der Waals surface area contributed by atoms with E-state index in [9.17, 15) is 9.90 Å². The Hall–Kier alpha value is -3.38. The summed E-state index contributed by atoms with van der Waals surface area (Å²) in [5.74, 6) is 0.781. The third kappa shape index (κ3) is 7.35. The molecule has 1 fully saturated rings. The lowest BCUT2D eigenvalue weighted by atomic mass is 9.86. The molecule has 0 saturated carbocycles. The molecule has 1 saturated heterocycles. The zero-order chi connectivity index (χ0) is 27.1. The fourth-order valence-corrected chi connectivity index (χ4v) is 5.49. The van der Waals surface area contributed by atoms with Gasteiger partial charge >= 0.3 is 6.09 Å². The van der Waals surface area contributed by atoms with Gasteiger partial charge in [-0.15, -0.1) is 0 Å². The van der Waals surface area contributed by atoms with Crippen molar-refractivity contribution in [3.05, 3.63) is 77.4 Å². The van der Waals surface area contributed by atoms with E-state index in [0.29, 0.717) is 38.3 Å². The minimum Gasteiger partial charge on any atom is -0.467 e. The number of hydrogen-bond acceptors (Lipinski definition) is 5. The summed E-state index contributed by atoms with van der Waals surface area (Å²) in [5.41, 5.74) is 2.60. The van der Waals surface area contributed by atoms with Crippen molar-refractivity contribution in [3.8, 4) is 11.8 Å². The van der Waals surface area contributed by atoms with Gasteiger partial charge in [0.25, 0.3) is 0 Å². The van der Waals surface area contributed by atoms with Crippen LogP contribution in [0.3, 0.4) is 0 Å². The second-order valence-electron chi connectivity index (χ2n) is 11.0. The number of carbonyl (C=O) groups is 1. The van der Waals surface area contributed by atoms with Crippen LogP contribution in [0.2, 0.25) is 25.7 Å². The van der Waals surface area contributed by atoms with Crippen LogP contribution in [0, 0.1) is 11.3 Å². The number of piperidine rings is 1. The summed E-state index contributed by atoms with van der Waals surface area (Å²) < 4.78 is 18.2. The average molecular weight is 533 g/mol. The molecule has 200 valence electrons. The number of nitriles is 1. The molecule has 2 unspecified atom stereocenters. The molecule has 3 aromatic rings. The lowest BCUT2D eigenvalue weighted by molar-refractivity contribution is -0.0201. The van der Waals surface area contributed by atoms with Gasteiger partial charge in [0, 0.05) is 32.5 Å². The Balaban J connectivity index is 1.49. The topological polar surface area (TPSA) is 92.0 Å². The maximum absolute atomic E-state index is 11.7. The molecule has 0 spiro atoms. The molecule has 4 rings (SSSR count). The molecule has 7 nitrogen and oxygen atoms in total. The number of benzene rings is 3. The number of fused-ring (bicyclic) bond motifs is 1. The molecule has 0 radical (unpaired) electrons. The molecule has 0 aliphatic carbocycles. The van der Waals surface area contributed by atoms with Crippen LogP contribution in [0.15, 0.2) is 60.7 Å². The van der Waals surface area contributed by atoms with Crippen LogP contribution < -0.4 is 4.74 Å². The summed E-state index contributed by atoms with van der Waals surface area (Å²) in [4.78, 5) is 13.1. The van der Waals surface area contributed by atoms with E-state index in [1.54, 1.807) is 12.1 Å². The second kappa shape index (κ2) is 12.4. The molecule has 0 aromatic heterocycles. The maximum atomic E-state index is 11.7. The molecule has 1 aliphatic heterocycles. The van der Waals surface area contributed by atoms with Gasteiger partial charge in [-0.05, 0) is 53.2 Å². The van der Waals surface area contributed by atoms with Crippen molar-refractivity contribution in [2.45, 2.75) is 50.7 Å². The van der Waals surface area contributed by atoms with Crippen molar-refractivity contribution in [3.63, 3.8) is 0 Å². The summed E-state index contributed by atoms with van der Waals surface area (Å²) in [5, 5.41) is 20.8. The fraction of sp³-hybridized carbons (Fsp3) is 0.400. The number of carboxylic acid groups (broad SMARTS) is 1. The Morgan fingerprint density at radius 2 is 1.89 bits per heavy atom. The Morgan fingerprint density at radius 3 is 2.61 bits per heavy atom. The minimum atomic E-state index is -1.17. The minimum absolute atomic E-state index is 0.0364. The molecular weight excluding hydrogens is 496 g/mol. The molecule has 1 N–H and O–H groups in total. The van der Waals surface area contributed by atoms with E-state index >= 15 is 0 Å². The summed E-state index contributed by atoms with van der Waals surface area (Å²) in [6.45, 7) is 8.91. The van der Waals surface area contributed by atoms with Gasteiger partial charge in [-0.25, -0.2) is 4.79 Å². The lowest BCUT2D eigenvalue weighted by Gasteiger charge is -2.37. The van der Waals surface area contributed by atoms with Crippen molar-refractivity contribution in [1.29, 1.82) is 5.26 Å². The SMILES string of the molecule is C[Si](C)(C)CCOCOc1cc(COC2CN(C(=O)O)CCC2c2ccc(C#N)cc2)cc2ccccc12. The van der Waals surface area contributed by atoms with Crippen LogP contribution in [-0.4, -0.2) is 56.8 Å². The standard InChI is InChI=1S/C30H36N2O5Si/c1-38(2,3)15-14-35-21-37-28-17-23(16-25-6-4-5-7-26(25)28)20-36-29-19-32(30(33)34)13-12-27(29)24-10-8-22(18-31)9-11-24/h4-11,16-17,27,29H,12-15,19-21H2,1-3H3,(H,33,34). The summed E-state index contributed by atoms with van der Waals surface area (Å²) in [6, 6.07) is 22.9. The highest BCUT2D eigenvalue weighted by atomic mass is 28.3. The Morgan fingerprint density at radius 1 is 1.13 bits per heavy atom. The van der Waals surface area contributed by atoms with Crippen molar-refractivity contribution in [2.75, 3.05) is 26.5 Å². The molecule has 3 aromatic carbocycles. The first-order valence-corrected chi connectivity index (χ1v) is 16.8. The first kappa shape index (κ1) is 27.6. The molecule has 1 aliphatic rings. The largest absolute Gasteiger partial charge is 0.467 e. The Kier molecular flexibility index (Phi) is 9.05. The summed E-state index contributed by atoms with van der Waals surface area (Å²) in [7, 11) is -1.17. The van der Waals surface area contributed by atoms with E-state index in [2.05, 4.69) is 31.8 Å². The van der Waals surface area contributed by atoms with Gasteiger partial charge in [0.05, 0.1) is 30.9 Å². The molecular formula is C30H36N2O5Si. The summed E-state index contributed by atoms with van der Waals surface area (Å²) in [6.07, 6.45) is -0.593. The Bertz CT molecular complexity index is 1280. The third-order valence-electron chi connectivity index (χ3n) is 6.94. The maximum Gasteiger partial charge on any atom is 0.407 e. The fourth-order valence-electron chi connectivity index (χ4n) is 4.73. The van der Waals surface area contributed by atoms with Crippen LogP contribution in [0.1, 0.15) is 29.0 Å². The number of rotatable bonds is 10. The van der Waals surface area contributed by atoms with E-state index in [0.717, 1.165) is 33.7 Å². The first-order valence-electron chi connectivity index (χ1n) is 13.1. The van der Waals surface area contributed by atoms with Crippen LogP contribution >= 0.6 is 0 Å². The predicted molar refractivity (Wildman–Crippen MR) is 150 cm³/mol. The van der Waals surface area contributed by atoms with Crippen LogP contribution in [0.25, 0.3) is 10.8 Å². The van der Waals surface area contributed by atoms with Gasteiger partial charge in [0.1, 0.15) is 5.75 Å². The monoisotopic (exact) mass is 532 g/mol. The highest BCUT2D eigenvalue weighted by molar-refractivity contribution is 6.76. The normalized spacial score (nSPS) is 17.8. The third-order valence-corrected chi connectivity index (χ3v) is 8.64. The highest BCUT2D eigenvalue weighted by Gasteiger charge is 2.33. The van der Waals surface area contributed by atoms with Crippen molar-refractivity contribution < 1.29 is 24.1 Å². The quantitative estimate of drug-likeness (QED) is 0.183. The zero-order valence-corrected chi connectivity index (χ0v) is 23.4. The summed E-state index contributed by atoms with van der Waals surface area (Å²) >= 11 is 0. The van der Waals surface area contributed by atoms with Crippen LogP contribution in [0.4, 0.5) is 4.79 Å². The van der Waals surface area contributed by atoms with Crippen molar-refractivity contribution in [2.24, 2.45) is 0 Å². The van der Waals surface area contributed by atoms with Crippen LogP contribution in [-0.2, 0) is 16.1 Å². The lowest BCUT2D eigenvalue weighted by Crippen LogP contribution is -2.46. The molecule has 0 bridgehead atoms. The van der Waals surface area contributed by atoms with E-state index in [-0.39, 0.29) is 18.8 Å². The van der Waals surface area contributed by atoms with E-state index in [1.807, 2.05) is 42.5 Å². The molecule has 38 heavy (non-hydrogen) atoms. The number of hydrogen-bond donors (Lipinski definition) is 1. The van der Waals surface area contributed by atoms with Gasteiger partial charge in [-0.2, -0.15) is 5.26 Å². The molecule has 2 atom stereocenters. The van der Waals surface area contributed by atoms with Gasteiger partial charge in [-0.3, -0.25) is 0 Å². The van der Waals surface area contributed by atoms with Gasteiger partial charge in [0.15, 0.2) is 6.79 Å². The predicted octanol–water partition coefficient (Wildman–Crippen LogP) is 6.46. The molecule has 1 amide bonds.